The Morgan fingerprint density at radius 2 is 2.19 bits per heavy atom. The lowest BCUT2D eigenvalue weighted by Gasteiger charge is -2.33. The number of hydrogen-bond donors (Lipinski definition) is 2. The number of fused-ring (bicyclic) bond motifs is 1. The van der Waals surface area contributed by atoms with Gasteiger partial charge in [0.25, 0.3) is 0 Å². The zero-order valence-electron chi connectivity index (χ0n) is 14.2. The van der Waals surface area contributed by atoms with Crippen molar-refractivity contribution in [2.75, 3.05) is 18.6 Å². The van der Waals surface area contributed by atoms with Crippen LogP contribution in [0, 0.1) is 0 Å². The number of imidazole rings is 1. The van der Waals surface area contributed by atoms with Crippen LogP contribution in [0.4, 0.5) is 5.82 Å². The van der Waals surface area contributed by atoms with Gasteiger partial charge in [-0.15, -0.1) is 0 Å². The van der Waals surface area contributed by atoms with Crippen LogP contribution in [0.3, 0.4) is 0 Å². The zero-order chi connectivity index (χ0) is 18.1. The molecule has 0 saturated heterocycles. The van der Waals surface area contributed by atoms with E-state index in [4.69, 9.17) is 4.74 Å². The third-order valence-electron chi connectivity index (χ3n) is 4.60. The van der Waals surface area contributed by atoms with E-state index in [-0.39, 0.29) is 11.7 Å². The van der Waals surface area contributed by atoms with E-state index in [9.17, 15) is 9.90 Å². The first-order chi connectivity index (χ1) is 12.7. The second kappa shape index (κ2) is 6.51. The van der Waals surface area contributed by atoms with E-state index < -0.39 is 5.97 Å². The first-order valence-corrected chi connectivity index (χ1v) is 8.26. The minimum atomic E-state index is -0.406. The number of phenolic OH excluding ortho intramolecular Hbond substituents is 1. The summed E-state index contributed by atoms with van der Waals surface area (Å²) in [5.74, 6) is 0.607. The van der Waals surface area contributed by atoms with E-state index in [2.05, 4.69) is 19.9 Å². The van der Waals surface area contributed by atoms with Crippen molar-refractivity contribution < 1.29 is 14.6 Å². The summed E-state index contributed by atoms with van der Waals surface area (Å²) < 4.78 is 4.71. The van der Waals surface area contributed by atoms with Crippen LogP contribution in [0.2, 0.25) is 0 Å². The number of anilines is 1. The highest BCUT2D eigenvalue weighted by molar-refractivity contribution is 5.89. The molecular weight excluding hydrogens is 332 g/mol. The fourth-order valence-corrected chi connectivity index (χ4v) is 3.31. The largest absolute Gasteiger partial charge is 0.508 e. The Bertz CT molecular complexity index is 936. The van der Waals surface area contributed by atoms with Crippen LogP contribution in [-0.4, -0.2) is 39.7 Å². The molecule has 2 N–H and O–H groups in total. The molecule has 1 aromatic carbocycles. The van der Waals surface area contributed by atoms with E-state index in [0.717, 1.165) is 22.8 Å². The van der Waals surface area contributed by atoms with Crippen LogP contribution in [0.15, 0.2) is 48.9 Å². The summed E-state index contributed by atoms with van der Waals surface area (Å²) in [6.45, 7) is 1.32. The van der Waals surface area contributed by atoms with Gasteiger partial charge in [0.05, 0.1) is 36.9 Å². The molecule has 0 amide bonds. The van der Waals surface area contributed by atoms with Gasteiger partial charge < -0.3 is 19.7 Å². The number of H-pyrrole nitrogens is 1. The molecule has 132 valence electrons. The van der Waals surface area contributed by atoms with Gasteiger partial charge >= 0.3 is 5.97 Å². The van der Waals surface area contributed by atoms with E-state index >= 15 is 0 Å². The highest BCUT2D eigenvalue weighted by atomic mass is 16.5. The van der Waals surface area contributed by atoms with E-state index in [1.54, 1.807) is 24.5 Å². The Kier molecular flexibility index (Phi) is 4.04. The number of methoxy groups -OCH3 is 1. The highest BCUT2D eigenvalue weighted by Gasteiger charge is 2.29. The quantitative estimate of drug-likeness (QED) is 0.705. The molecule has 1 aliphatic rings. The highest BCUT2D eigenvalue weighted by Crippen LogP contribution is 2.34. The number of benzene rings is 1. The molecule has 3 heterocycles. The smallest absolute Gasteiger partial charge is 0.339 e. The number of phenols is 1. The molecule has 2 aromatic heterocycles. The summed E-state index contributed by atoms with van der Waals surface area (Å²) in [5, 5.41) is 9.83. The minimum absolute atomic E-state index is 0.0131. The fourth-order valence-electron chi connectivity index (χ4n) is 3.31. The summed E-state index contributed by atoms with van der Waals surface area (Å²) in [7, 11) is 1.35. The van der Waals surface area contributed by atoms with Crippen molar-refractivity contribution in [3.8, 4) is 5.75 Å². The summed E-state index contributed by atoms with van der Waals surface area (Å²) in [6.07, 6.45) is 3.21. The number of esters is 1. The average molecular weight is 350 g/mol. The van der Waals surface area contributed by atoms with E-state index in [1.807, 2.05) is 18.2 Å². The first-order valence-electron chi connectivity index (χ1n) is 8.26. The minimum Gasteiger partial charge on any atom is -0.508 e. The molecule has 1 atom stereocenters. The molecule has 0 saturated carbocycles. The van der Waals surface area contributed by atoms with Crippen molar-refractivity contribution in [1.29, 1.82) is 0 Å². The molecule has 7 nitrogen and oxygen atoms in total. The van der Waals surface area contributed by atoms with Gasteiger partial charge in [-0.3, -0.25) is 0 Å². The molecule has 7 heteroatoms. The second-order valence-electron chi connectivity index (χ2n) is 6.19. The van der Waals surface area contributed by atoms with E-state index in [1.165, 1.54) is 13.3 Å². The van der Waals surface area contributed by atoms with Crippen molar-refractivity contribution in [2.45, 2.75) is 12.5 Å². The number of rotatable bonds is 3. The number of pyridine rings is 1. The Morgan fingerprint density at radius 1 is 1.31 bits per heavy atom. The van der Waals surface area contributed by atoms with E-state index in [0.29, 0.717) is 18.7 Å². The number of ether oxygens (including phenoxy) is 1. The van der Waals surface area contributed by atoms with Crippen molar-refractivity contribution in [2.24, 2.45) is 0 Å². The number of aromatic hydroxyl groups is 1. The van der Waals surface area contributed by atoms with Crippen LogP contribution < -0.4 is 4.90 Å². The number of hydrogen-bond acceptors (Lipinski definition) is 6. The van der Waals surface area contributed by atoms with Gasteiger partial charge in [0.15, 0.2) is 0 Å². The Labute approximate surface area is 150 Å². The summed E-state index contributed by atoms with van der Waals surface area (Å²) in [4.78, 5) is 25.8. The van der Waals surface area contributed by atoms with Crippen molar-refractivity contribution in [1.82, 2.24) is 15.0 Å². The van der Waals surface area contributed by atoms with Crippen molar-refractivity contribution in [3.63, 3.8) is 0 Å². The third kappa shape index (κ3) is 2.88. The van der Waals surface area contributed by atoms with Gasteiger partial charge in [-0.2, -0.15) is 0 Å². The van der Waals surface area contributed by atoms with Crippen molar-refractivity contribution in [3.05, 3.63) is 71.4 Å². The van der Waals surface area contributed by atoms with Crippen LogP contribution in [0.1, 0.15) is 33.2 Å². The second-order valence-corrected chi connectivity index (χ2v) is 6.19. The number of nitrogens with zero attached hydrogens (tertiary/aromatic N) is 3. The van der Waals surface area contributed by atoms with Gasteiger partial charge in [-0.05, 0) is 29.8 Å². The predicted molar refractivity (Wildman–Crippen MR) is 95.2 cm³/mol. The molecule has 0 radical (unpaired) electrons. The number of carbonyl (C=O) groups is 1. The van der Waals surface area contributed by atoms with Gasteiger partial charge in [0, 0.05) is 18.7 Å². The molecule has 1 aliphatic heterocycles. The topological polar surface area (TPSA) is 91.3 Å². The molecule has 0 spiro atoms. The zero-order valence-corrected chi connectivity index (χ0v) is 14.2. The lowest BCUT2D eigenvalue weighted by atomic mass is 9.90. The maximum Gasteiger partial charge on any atom is 0.339 e. The van der Waals surface area contributed by atoms with Gasteiger partial charge in [-0.25, -0.2) is 14.8 Å². The molecule has 26 heavy (non-hydrogen) atoms. The number of aromatic amines is 1. The first kappa shape index (κ1) is 16.1. The van der Waals surface area contributed by atoms with Gasteiger partial charge in [0.2, 0.25) is 0 Å². The van der Waals surface area contributed by atoms with Crippen LogP contribution >= 0.6 is 0 Å². The molecule has 0 bridgehead atoms. The lowest BCUT2D eigenvalue weighted by Crippen LogP contribution is -2.34. The van der Waals surface area contributed by atoms with Crippen LogP contribution in [-0.2, 0) is 11.3 Å². The summed E-state index contributed by atoms with van der Waals surface area (Å²) >= 11 is 0. The fraction of sp³-hybridized carbons (Fsp3) is 0.211. The Hall–Kier alpha value is -3.35. The summed E-state index contributed by atoms with van der Waals surface area (Å²) in [6, 6.07) is 10.8. The maximum atomic E-state index is 11.6. The molecular formula is C19H18N4O3. The molecule has 4 rings (SSSR count). The Morgan fingerprint density at radius 3 is 2.92 bits per heavy atom. The Balaban J connectivity index is 1.66. The van der Waals surface area contributed by atoms with Gasteiger partial charge in [-0.1, -0.05) is 12.1 Å². The standard InChI is InChI=1S/C19H18N4O3/c1-26-19(25)13-5-6-17(20-8-13)23-9-15(12-3-2-4-14(24)7-12)18-16(10-23)21-11-22-18/h2-8,11,15,24H,9-10H2,1H3,(H,21,22). The number of aromatic nitrogens is 3. The predicted octanol–water partition coefficient (Wildman–Crippen LogP) is 2.45. The third-order valence-corrected chi connectivity index (χ3v) is 4.60. The molecule has 0 aliphatic carbocycles. The number of carbonyl (C=O) groups excluding carboxylic acids is 1. The van der Waals surface area contributed by atoms with Crippen LogP contribution in [0.5, 0.6) is 5.75 Å². The molecule has 0 fully saturated rings. The monoisotopic (exact) mass is 350 g/mol. The van der Waals surface area contributed by atoms with Crippen LogP contribution in [0.25, 0.3) is 0 Å². The van der Waals surface area contributed by atoms with Gasteiger partial charge in [0.1, 0.15) is 11.6 Å². The molecule has 1 unspecified atom stereocenters. The maximum absolute atomic E-state index is 11.6. The number of nitrogens with one attached hydrogen (secondary N) is 1. The average Bonchev–Trinajstić information content (AvgIpc) is 3.15. The van der Waals surface area contributed by atoms with Crippen molar-refractivity contribution >= 4 is 11.8 Å². The molecule has 3 aromatic rings. The summed E-state index contributed by atoms with van der Waals surface area (Å²) in [5.41, 5.74) is 3.41. The lowest BCUT2D eigenvalue weighted by molar-refractivity contribution is 0.0600. The SMILES string of the molecule is COC(=O)c1ccc(N2Cc3[nH]cnc3C(c3cccc(O)c3)C2)nc1. The normalized spacial score (nSPS) is 16.2.